The number of benzene rings is 1. The van der Waals surface area contributed by atoms with Gasteiger partial charge in [0.1, 0.15) is 17.7 Å². The molecular weight excluding hydrogens is 480 g/mol. The molecule has 8 nitrogen and oxygen atoms in total. The first-order valence-electron chi connectivity index (χ1n) is 10.6. The van der Waals surface area contributed by atoms with Gasteiger partial charge < -0.3 is 19.5 Å². The second-order valence-corrected chi connectivity index (χ2v) is 10.2. The Hall–Kier alpha value is -2.64. The van der Waals surface area contributed by atoms with Crippen LogP contribution in [0.15, 0.2) is 46.1 Å². The molecule has 2 atom stereocenters. The van der Waals surface area contributed by atoms with Crippen molar-refractivity contribution in [3.63, 3.8) is 0 Å². The van der Waals surface area contributed by atoms with E-state index in [-0.39, 0.29) is 29.8 Å². The zero-order chi connectivity index (χ0) is 24.7. The number of sulfonamides is 1. The lowest BCUT2D eigenvalue weighted by Gasteiger charge is -2.42. The summed E-state index contributed by atoms with van der Waals surface area (Å²) in [6, 6.07) is 4.45. The van der Waals surface area contributed by atoms with Crippen LogP contribution in [0.1, 0.15) is 6.92 Å². The molecule has 2 aliphatic heterocycles. The first-order valence-corrected chi connectivity index (χ1v) is 12.1. The summed E-state index contributed by atoms with van der Waals surface area (Å²) in [5.41, 5.74) is -0.0923. The van der Waals surface area contributed by atoms with E-state index in [1.807, 2.05) is 11.8 Å². The third-order valence-corrected chi connectivity index (χ3v) is 7.88. The number of nitrogens with one attached hydrogen (secondary N) is 1. The first kappa shape index (κ1) is 24.5. The van der Waals surface area contributed by atoms with Gasteiger partial charge in [-0.25, -0.2) is 12.8 Å². The number of anilines is 2. The van der Waals surface area contributed by atoms with Crippen molar-refractivity contribution in [3.8, 4) is 0 Å². The summed E-state index contributed by atoms with van der Waals surface area (Å²) < 4.78 is 87.4. The van der Waals surface area contributed by atoms with Gasteiger partial charge in [-0.3, -0.25) is 4.79 Å². The number of aromatic amines is 1. The molecule has 1 aromatic heterocycles. The molecule has 13 heteroatoms. The summed E-state index contributed by atoms with van der Waals surface area (Å²) in [5.74, 6) is -0.697. The maximum atomic E-state index is 14.1. The zero-order valence-corrected chi connectivity index (χ0v) is 19.1. The molecule has 2 fully saturated rings. The summed E-state index contributed by atoms with van der Waals surface area (Å²) in [4.78, 5) is 17.4. The smallest absolute Gasteiger partial charge is 0.377 e. The highest BCUT2D eigenvalue weighted by Gasteiger charge is 2.49. The average molecular weight is 505 g/mol. The Kier molecular flexibility index (Phi) is 6.62. The molecule has 2 aliphatic rings. The number of aromatic nitrogens is 1. The number of pyridine rings is 1. The van der Waals surface area contributed by atoms with Gasteiger partial charge in [0, 0.05) is 50.0 Å². The molecule has 0 aliphatic carbocycles. The predicted octanol–water partition coefficient (Wildman–Crippen LogP) is 2.18. The first-order chi connectivity index (χ1) is 16.0. The number of piperazine rings is 1. The number of rotatable bonds is 4. The van der Waals surface area contributed by atoms with Crippen molar-refractivity contribution in [1.29, 1.82) is 0 Å². The molecule has 2 unspecified atom stereocenters. The standard InChI is InChI=1S/C21H24F4N4O4S/c1-14-13-33-9-8-28(14)16-10-19(26-20(30)11-16)29-7-6-27(12-18(29)21(23,24)25)34(31,32)17-4-2-15(22)3-5-17/h2-5,10-11,14,18H,6-9,12-13H2,1H3,(H,26,30). The molecule has 0 amide bonds. The topological polar surface area (TPSA) is 85.9 Å². The average Bonchev–Trinajstić information content (AvgIpc) is 2.78. The van der Waals surface area contributed by atoms with Crippen LogP contribution in [0.2, 0.25) is 0 Å². The molecule has 0 bridgehead atoms. The van der Waals surface area contributed by atoms with Crippen LogP contribution in [-0.2, 0) is 14.8 Å². The Bertz CT molecular complexity index is 1190. The summed E-state index contributed by atoms with van der Waals surface area (Å²) >= 11 is 0. The Balaban J connectivity index is 1.65. The van der Waals surface area contributed by atoms with Crippen LogP contribution in [0.5, 0.6) is 0 Å². The Morgan fingerprint density at radius 1 is 1.06 bits per heavy atom. The van der Waals surface area contributed by atoms with Crippen molar-refractivity contribution >= 4 is 21.5 Å². The van der Waals surface area contributed by atoms with Crippen LogP contribution < -0.4 is 15.4 Å². The molecule has 1 N–H and O–H groups in total. The fourth-order valence-corrected chi connectivity index (χ4v) is 5.68. The van der Waals surface area contributed by atoms with E-state index in [0.717, 1.165) is 33.5 Å². The molecule has 2 aromatic rings. The zero-order valence-electron chi connectivity index (χ0n) is 18.3. The van der Waals surface area contributed by atoms with Gasteiger partial charge in [0.05, 0.1) is 18.1 Å². The van der Waals surface area contributed by atoms with E-state index >= 15 is 0 Å². The minimum Gasteiger partial charge on any atom is -0.377 e. The largest absolute Gasteiger partial charge is 0.410 e. The second kappa shape index (κ2) is 9.19. The number of H-pyrrole nitrogens is 1. The van der Waals surface area contributed by atoms with Gasteiger partial charge >= 0.3 is 6.18 Å². The highest BCUT2D eigenvalue weighted by Crippen LogP contribution is 2.34. The second-order valence-electron chi connectivity index (χ2n) is 8.27. The van der Waals surface area contributed by atoms with Crippen molar-refractivity contribution in [1.82, 2.24) is 9.29 Å². The van der Waals surface area contributed by atoms with E-state index in [1.165, 1.54) is 12.1 Å². The SMILES string of the molecule is CC1COCCN1c1cc(N2CCN(S(=O)(=O)c3ccc(F)cc3)CC2C(F)(F)F)[nH]c(=O)c1. The molecule has 1 aromatic carbocycles. The Labute approximate surface area is 193 Å². The normalized spacial score (nSPS) is 22.7. The third kappa shape index (κ3) is 4.91. The van der Waals surface area contributed by atoms with Gasteiger partial charge in [0.15, 0.2) is 0 Å². The Morgan fingerprint density at radius 2 is 1.76 bits per heavy atom. The van der Waals surface area contributed by atoms with Crippen LogP contribution >= 0.6 is 0 Å². The quantitative estimate of drug-likeness (QED) is 0.643. The fourth-order valence-electron chi connectivity index (χ4n) is 4.25. The van der Waals surface area contributed by atoms with Crippen molar-refractivity contribution in [3.05, 3.63) is 52.6 Å². The number of nitrogens with zero attached hydrogens (tertiary/aromatic N) is 3. The lowest BCUT2D eigenvalue weighted by Crippen LogP contribution is -2.60. The number of ether oxygens (including phenoxy) is 1. The van der Waals surface area contributed by atoms with Gasteiger partial charge in [-0.05, 0) is 31.2 Å². The maximum absolute atomic E-state index is 14.1. The van der Waals surface area contributed by atoms with Gasteiger partial charge in [-0.15, -0.1) is 0 Å². The summed E-state index contributed by atoms with van der Waals surface area (Å²) in [5, 5.41) is 0. The van der Waals surface area contributed by atoms with Crippen LogP contribution in [0.4, 0.5) is 29.1 Å². The number of hydrogen-bond acceptors (Lipinski definition) is 6. The summed E-state index contributed by atoms with van der Waals surface area (Å²) in [6.45, 7) is 1.80. The van der Waals surface area contributed by atoms with E-state index in [9.17, 15) is 30.8 Å². The third-order valence-electron chi connectivity index (χ3n) is 6.00. The van der Waals surface area contributed by atoms with E-state index in [0.29, 0.717) is 25.4 Å². The molecule has 0 saturated carbocycles. The lowest BCUT2D eigenvalue weighted by atomic mass is 10.1. The molecule has 0 radical (unpaired) electrons. The molecule has 3 heterocycles. The molecule has 0 spiro atoms. The molecular formula is C21H24F4N4O4S. The number of alkyl halides is 3. The molecule has 186 valence electrons. The molecule has 2 saturated heterocycles. The van der Waals surface area contributed by atoms with Gasteiger partial charge in [-0.2, -0.15) is 17.5 Å². The molecule has 4 rings (SSSR count). The minimum atomic E-state index is -4.78. The van der Waals surface area contributed by atoms with Crippen molar-refractivity contribution in [2.24, 2.45) is 0 Å². The van der Waals surface area contributed by atoms with Crippen LogP contribution in [0.25, 0.3) is 0 Å². The van der Waals surface area contributed by atoms with Gasteiger partial charge in [-0.1, -0.05) is 0 Å². The van der Waals surface area contributed by atoms with E-state index in [1.54, 1.807) is 0 Å². The number of halogens is 4. The minimum absolute atomic E-state index is 0.0395. The highest BCUT2D eigenvalue weighted by atomic mass is 32.2. The summed E-state index contributed by atoms with van der Waals surface area (Å²) in [7, 11) is -4.27. The van der Waals surface area contributed by atoms with Crippen LogP contribution in [-0.4, -0.2) is 75.4 Å². The Morgan fingerprint density at radius 3 is 2.41 bits per heavy atom. The van der Waals surface area contributed by atoms with E-state index in [4.69, 9.17) is 4.74 Å². The van der Waals surface area contributed by atoms with Crippen LogP contribution in [0, 0.1) is 5.82 Å². The number of morpholine rings is 1. The maximum Gasteiger partial charge on any atom is 0.410 e. The monoisotopic (exact) mass is 504 g/mol. The highest BCUT2D eigenvalue weighted by molar-refractivity contribution is 7.89. The van der Waals surface area contributed by atoms with Crippen LogP contribution in [0.3, 0.4) is 0 Å². The number of hydrogen-bond donors (Lipinski definition) is 1. The molecule has 34 heavy (non-hydrogen) atoms. The van der Waals surface area contributed by atoms with Gasteiger partial charge in [0.25, 0.3) is 5.56 Å². The van der Waals surface area contributed by atoms with E-state index < -0.39 is 40.2 Å². The van der Waals surface area contributed by atoms with Crippen molar-refractivity contribution < 1.29 is 30.7 Å². The van der Waals surface area contributed by atoms with Gasteiger partial charge in [0.2, 0.25) is 10.0 Å². The fraction of sp³-hybridized carbons (Fsp3) is 0.476. The lowest BCUT2D eigenvalue weighted by molar-refractivity contribution is -0.153. The van der Waals surface area contributed by atoms with Crippen molar-refractivity contribution in [2.45, 2.75) is 30.1 Å². The summed E-state index contributed by atoms with van der Waals surface area (Å²) in [6.07, 6.45) is -4.78. The van der Waals surface area contributed by atoms with Crippen molar-refractivity contribution in [2.75, 3.05) is 49.2 Å². The predicted molar refractivity (Wildman–Crippen MR) is 117 cm³/mol. The van der Waals surface area contributed by atoms with E-state index in [2.05, 4.69) is 4.98 Å².